The first-order valence-electron chi connectivity index (χ1n) is 11.7. The Kier molecular flexibility index (Phi) is 6.26. The van der Waals surface area contributed by atoms with Gasteiger partial charge in [-0.1, -0.05) is 36.1 Å². The van der Waals surface area contributed by atoms with E-state index in [9.17, 15) is 0 Å². The van der Waals surface area contributed by atoms with Gasteiger partial charge < -0.3 is 18.6 Å². The van der Waals surface area contributed by atoms with Gasteiger partial charge in [0.1, 0.15) is 0 Å². The molecule has 0 amide bonds. The van der Waals surface area contributed by atoms with E-state index in [1.807, 2.05) is 104 Å². The molecule has 34 heavy (non-hydrogen) atoms. The van der Waals surface area contributed by atoms with Crippen LogP contribution in [0.3, 0.4) is 0 Å². The van der Waals surface area contributed by atoms with E-state index < -0.39 is 14.2 Å². The van der Waals surface area contributed by atoms with Crippen LogP contribution in [-0.2, 0) is 18.6 Å². The third-order valence-electron chi connectivity index (χ3n) is 7.30. The van der Waals surface area contributed by atoms with Gasteiger partial charge >= 0.3 is 14.2 Å². The molecular weight excluding hydrogens is 422 g/mol. The molecule has 2 saturated heterocycles. The Morgan fingerprint density at radius 2 is 0.853 bits per heavy atom. The van der Waals surface area contributed by atoms with Crippen LogP contribution in [0.25, 0.3) is 0 Å². The third kappa shape index (κ3) is 4.83. The van der Waals surface area contributed by atoms with Crippen molar-refractivity contribution in [2.75, 3.05) is 0 Å². The highest BCUT2D eigenvalue weighted by Gasteiger charge is 2.52. The van der Waals surface area contributed by atoms with Gasteiger partial charge in [0.05, 0.1) is 22.4 Å². The maximum atomic E-state index is 6.15. The molecule has 2 fully saturated rings. The van der Waals surface area contributed by atoms with Gasteiger partial charge in [-0.3, -0.25) is 0 Å². The molecule has 0 aromatic heterocycles. The molecule has 2 aliphatic heterocycles. The number of rotatable bonds is 2. The first-order valence-corrected chi connectivity index (χ1v) is 11.7. The maximum Gasteiger partial charge on any atom is 0.494 e. The van der Waals surface area contributed by atoms with E-state index in [4.69, 9.17) is 18.6 Å². The van der Waals surface area contributed by atoms with Crippen LogP contribution in [0.2, 0.25) is 0 Å². The van der Waals surface area contributed by atoms with E-state index in [2.05, 4.69) is 23.7 Å². The van der Waals surface area contributed by atoms with Crippen LogP contribution < -0.4 is 10.9 Å². The standard InChI is InChI=1S/C28H32B2O4/c1-25(2)26(3,4)32-29(31-25)23-17-11-15-21(19-23)13-9-10-14-22-16-12-18-24(20-22)30-33-27(5,6)28(7,8)34-30/h11-12,15-20H,1-8H3. The minimum absolute atomic E-state index is 0.376. The minimum Gasteiger partial charge on any atom is -0.399 e. The zero-order valence-corrected chi connectivity index (χ0v) is 21.4. The van der Waals surface area contributed by atoms with E-state index in [0.717, 1.165) is 22.1 Å². The molecule has 2 aromatic carbocycles. The molecule has 4 rings (SSSR count). The van der Waals surface area contributed by atoms with Crippen molar-refractivity contribution in [3.05, 3.63) is 59.7 Å². The second-order valence-electron chi connectivity index (χ2n) is 10.9. The molecular formula is C28H32B2O4. The molecule has 174 valence electrons. The molecule has 0 N–H and O–H groups in total. The van der Waals surface area contributed by atoms with Crippen molar-refractivity contribution in [1.82, 2.24) is 0 Å². The van der Waals surface area contributed by atoms with Gasteiger partial charge in [-0.15, -0.1) is 0 Å². The molecule has 0 unspecified atom stereocenters. The van der Waals surface area contributed by atoms with Gasteiger partial charge in [-0.2, -0.15) is 0 Å². The van der Waals surface area contributed by atoms with Crippen molar-refractivity contribution < 1.29 is 18.6 Å². The van der Waals surface area contributed by atoms with Crippen LogP contribution in [0.15, 0.2) is 48.5 Å². The highest BCUT2D eigenvalue weighted by Crippen LogP contribution is 2.37. The summed E-state index contributed by atoms with van der Waals surface area (Å²) in [5.74, 6) is 12.2. The SMILES string of the molecule is CC1(C)OB(c2cccc(C#CC#Cc3cccc(B4OC(C)(C)C(C)(C)O4)c3)c2)OC1(C)C. The van der Waals surface area contributed by atoms with Crippen LogP contribution in [0.1, 0.15) is 66.5 Å². The lowest BCUT2D eigenvalue weighted by Gasteiger charge is -2.32. The quantitative estimate of drug-likeness (QED) is 0.513. The summed E-state index contributed by atoms with van der Waals surface area (Å²) in [5.41, 5.74) is 2.14. The Balaban J connectivity index is 1.47. The van der Waals surface area contributed by atoms with Crippen molar-refractivity contribution in [1.29, 1.82) is 0 Å². The molecule has 0 atom stereocenters. The average Bonchev–Trinajstić information content (AvgIpc) is 3.11. The summed E-state index contributed by atoms with van der Waals surface area (Å²) in [7, 11) is -0.814. The lowest BCUT2D eigenvalue weighted by molar-refractivity contribution is 0.00578. The number of hydrogen-bond acceptors (Lipinski definition) is 4. The van der Waals surface area contributed by atoms with Crippen LogP contribution in [0, 0.1) is 23.7 Å². The maximum absolute atomic E-state index is 6.15. The molecule has 0 aliphatic carbocycles. The molecule has 0 spiro atoms. The molecule has 2 heterocycles. The summed E-state index contributed by atoms with van der Waals surface area (Å²) >= 11 is 0. The Bertz CT molecular complexity index is 1080. The summed E-state index contributed by atoms with van der Waals surface area (Å²) < 4.78 is 24.6. The molecule has 2 aromatic rings. The summed E-state index contributed by atoms with van der Waals surface area (Å²) in [5, 5.41) is 0. The summed E-state index contributed by atoms with van der Waals surface area (Å²) in [6, 6.07) is 15.8. The summed E-state index contributed by atoms with van der Waals surface area (Å²) in [6.07, 6.45) is 0. The monoisotopic (exact) mass is 454 g/mol. The molecule has 6 heteroatoms. The zero-order valence-electron chi connectivity index (χ0n) is 21.4. The van der Waals surface area contributed by atoms with Gasteiger partial charge in [0, 0.05) is 11.1 Å². The van der Waals surface area contributed by atoms with Crippen LogP contribution in [-0.4, -0.2) is 36.6 Å². The van der Waals surface area contributed by atoms with Gasteiger partial charge in [0.2, 0.25) is 0 Å². The van der Waals surface area contributed by atoms with Crippen LogP contribution >= 0.6 is 0 Å². The topological polar surface area (TPSA) is 36.9 Å². The first kappa shape index (κ1) is 24.6. The van der Waals surface area contributed by atoms with Gasteiger partial charge in [-0.05, 0) is 102 Å². The number of benzene rings is 2. The third-order valence-corrected chi connectivity index (χ3v) is 7.30. The van der Waals surface area contributed by atoms with Crippen molar-refractivity contribution in [3.63, 3.8) is 0 Å². The normalized spacial score (nSPS) is 21.4. The van der Waals surface area contributed by atoms with Crippen molar-refractivity contribution in [3.8, 4) is 23.7 Å². The molecule has 0 radical (unpaired) electrons. The summed E-state index contributed by atoms with van der Waals surface area (Å²) in [4.78, 5) is 0. The first-order chi connectivity index (χ1) is 15.8. The van der Waals surface area contributed by atoms with E-state index in [-0.39, 0.29) is 22.4 Å². The van der Waals surface area contributed by atoms with E-state index >= 15 is 0 Å². The second-order valence-corrected chi connectivity index (χ2v) is 10.9. The largest absolute Gasteiger partial charge is 0.494 e. The highest BCUT2D eigenvalue weighted by molar-refractivity contribution is 6.62. The van der Waals surface area contributed by atoms with Crippen LogP contribution in [0.4, 0.5) is 0 Å². The fourth-order valence-electron chi connectivity index (χ4n) is 3.69. The smallest absolute Gasteiger partial charge is 0.399 e. The van der Waals surface area contributed by atoms with Crippen LogP contribution in [0.5, 0.6) is 0 Å². The summed E-state index contributed by atoms with van der Waals surface area (Å²) in [6.45, 7) is 16.4. The van der Waals surface area contributed by atoms with Crippen molar-refractivity contribution >= 4 is 25.2 Å². The predicted molar refractivity (Wildman–Crippen MR) is 138 cm³/mol. The van der Waals surface area contributed by atoms with Gasteiger partial charge in [-0.25, -0.2) is 0 Å². The Morgan fingerprint density at radius 3 is 1.18 bits per heavy atom. The lowest BCUT2D eigenvalue weighted by Crippen LogP contribution is -2.41. The lowest BCUT2D eigenvalue weighted by atomic mass is 9.78. The van der Waals surface area contributed by atoms with Crippen molar-refractivity contribution in [2.24, 2.45) is 0 Å². The fourth-order valence-corrected chi connectivity index (χ4v) is 3.69. The molecule has 0 saturated carbocycles. The molecule has 0 bridgehead atoms. The average molecular weight is 454 g/mol. The predicted octanol–water partition coefficient (Wildman–Crippen LogP) is 3.69. The van der Waals surface area contributed by atoms with E-state index in [1.165, 1.54) is 0 Å². The van der Waals surface area contributed by atoms with E-state index in [1.54, 1.807) is 0 Å². The number of hydrogen-bond donors (Lipinski definition) is 0. The molecule has 4 nitrogen and oxygen atoms in total. The Labute approximate surface area is 205 Å². The Hall–Kier alpha value is -2.47. The molecule has 2 aliphatic rings. The second kappa shape index (κ2) is 8.63. The van der Waals surface area contributed by atoms with Crippen molar-refractivity contribution in [2.45, 2.75) is 77.8 Å². The zero-order chi connectivity index (χ0) is 24.8. The minimum atomic E-state index is -0.407. The van der Waals surface area contributed by atoms with Gasteiger partial charge in [0.25, 0.3) is 0 Å². The van der Waals surface area contributed by atoms with E-state index in [0.29, 0.717) is 0 Å². The highest BCUT2D eigenvalue weighted by atomic mass is 16.7. The van der Waals surface area contributed by atoms with Gasteiger partial charge in [0.15, 0.2) is 0 Å². The fraction of sp³-hybridized carbons (Fsp3) is 0.429. The Morgan fingerprint density at radius 1 is 0.529 bits per heavy atom.